The fraction of sp³-hybridized carbons (Fsp3) is 0.571. The quantitative estimate of drug-likeness (QED) is 0.891. The minimum atomic E-state index is 0.0247. The van der Waals surface area contributed by atoms with E-state index in [9.17, 15) is 0 Å². The lowest BCUT2D eigenvalue weighted by Gasteiger charge is -2.42. The first-order valence-corrected chi connectivity index (χ1v) is 7.03. The van der Waals surface area contributed by atoms with Crippen molar-refractivity contribution in [2.45, 2.75) is 38.6 Å². The molecule has 0 heterocycles. The topological polar surface area (TPSA) is 38.0 Å². The van der Waals surface area contributed by atoms with Crippen molar-refractivity contribution in [2.24, 2.45) is 11.1 Å². The molecule has 94 valence electrons. The van der Waals surface area contributed by atoms with Gasteiger partial charge in [-0.1, -0.05) is 32.4 Å². The van der Waals surface area contributed by atoms with Gasteiger partial charge in [-0.2, -0.15) is 0 Å². The van der Waals surface area contributed by atoms with E-state index >= 15 is 0 Å². The maximum Gasteiger partial charge on any atom is 0.0546 e. The molecule has 1 atom stereocenters. The Labute approximate surface area is 112 Å². The lowest BCUT2D eigenvalue weighted by atomic mass is 9.74. The highest BCUT2D eigenvalue weighted by molar-refractivity contribution is 9.10. The van der Waals surface area contributed by atoms with Gasteiger partial charge < -0.3 is 11.1 Å². The van der Waals surface area contributed by atoms with E-state index in [0.29, 0.717) is 6.54 Å². The molecule has 17 heavy (non-hydrogen) atoms. The molecule has 1 fully saturated rings. The molecular formula is C14H21BrN2. The molecule has 0 aromatic heterocycles. The van der Waals surface area contributed by atoms with Crippen molar-refractivity contribution in [3.8, 4) is 0 Å². The van der Waals surface area contributed by atoms with Gasteiger partial charge in [0, 0.05) is 16.7 Å². The largest absolute Gasteiger partial charge is 0.377 e. The van der Waals surface area contributed by atoms with Crippen molar-refractivity contribution in [3.05, 3.63) is 28.7 Å². The highest BCUT2D eigenvalue weighted by Crippen LogP contribution is 2.47. The van der Waals surface area contributed by atoms with Gasteiger partial charge in [-0.25, -0.2) is 0 Å². The molecule has 1 saturated carbocycles. The van der Waals surface area contributed by atoms with Gasteiger partial charge in [-0.3, -0.25) is 0 Å². The fourth-order valence-electron chi connectivity index (χ4n) is 2.89. The molecule has 1 aliphatic rings. The number of para-hydroxylation sites is 1. The number of halogens is 1. The van der Waals surface area contributed by atoms with Crippen LogP contribution in [0.2, 0.25) is 0 Å². The van der Waals surface area contributed by atoms with Gasteiger partial charge in [-0.15, -0.1) is 0 Å². The van der Waals surface area contributed by atoms with Crippen LogP contribution in [0.1, 0.15) is 33.1 Å². The Hall–Kier alpha value is -0.540. The molecule has 0 aliphatic heterocycles. The van der Waals surface area contributed by atoms with Crippen LogP contribution in [0, 0.1) is 5.41 Å². The summed E-state index contributed by atoms with van der Waals surface area (Å²) in [4.78, 5) is 0. The molecule has 0 saturated heterocycles. The van der Waals surface area contributed by atoms with Crippen molar-refractivity contribution in [3.63, 3.8) is 0 Å². The van der Waals surface area contributed by atoms with Gasteiger partial charge in [0.15, 0.2) is 0 Å². The average molecular weight is 297 g/mol. The normalized spacial score (nSPS) is 27.1. The summed E-state index contributed by atoms with van der Waals surface area (Å²) in [6.45, 7) is 5.31. The highest BCUT2D eigenvalue weighted by atomic mass is 79.9. The molecule has 0 radical (unpaired) electrons. The molecule has 0 spiro atoms. The summed E-state index contributed by atoms with van der Waals surface area (Å²) in [5.74, 6) is 0. The van der Waals surface area contributed by atoms with Gasteiger partial charge in [0.25, 0.3) is 0 Å². The zero-order valence-electron chi connectivity index (χ0n) is 10.6. The Balaban J connectivity index is 2.30. The molecule has 1 unspecified atom stereocenters. The monoisotopic (exact) mass is 296 g/mol. The third-order valence-corrected chi connectivity index (χ3v) is 4.99. The summed E-state index contributed by atoms with van der Waals surface area (Å²) in [5, 5.41) is 3.69. The summed E-state index contributed by atoms with van der Waals surface area (Å²) < 4.78 is 1.11. The second-order valence-electron chi connectivity index (χ2n) is 5.63. The Morgan fingerprint density at radius 3 is 2.53 bits per heavy atom. The maximum absolute atomic E-state index is 6.06. The summed E-state index contributed by atoms with van der Waals surface area (Å²) in [6, 6.07) is 8.26. The molecule has 2 rings (SSSR count). The molecule has 1 aromatic carbocycles. The van der Waals surface area contributed by atoms with Crippen LogP contribution in [0.3, 0.4) is 0 Å². The first-order chi connectivity index (χ1) is 8.01. The first-order valence-electron chi connectivity index (χ1n) is 6.24. The van der Waals surface area contributed by atoms with E-state index in [1.54, 1.807) is 0 Å². The number of nitrogens with two attached hydrogens (primary N) is 1. The SMILES string of the molecule is CC1(C)CCCC1(CN)Nc1ccccc1Br. The van der Waals surface area contributed by atoms with Crippen LogP contribution in [-0.4, -0.2) is 12.1 Å². The summed E-state index contributed by atoms with van der Waals surface area (Å²) in [7, 11) is 0. The Bertz CT molecular complexity index is 403. The Morgan fingerprint density at radius 1 is 1.29 bits per heavy atom. The standard InChI is InChI=1S/C14H21BrN2/c1-13(2)8-5-9-14(13,10-16)17-12-7-4-3-6-11(12)15/h3-4,6-7,17H,5,8-10,16H2,1-2H3. The van der Waals surface area contributed by atoms with Crippen LogP contribution in [0.4, 0.5) is 5.69 Å². The van der Waals surface area contributed by atoms with E-state index in [-0.39, 0.29) is 11.0 Å². The Kier molecular flexibility index (Phi) is 3.50. The second kappa shape index (κ2) is 4.62. The predicted molar refractivity (Wildman–Crippen MR) is 77.2 cm³/mol. The third kappa shape index (κ3) is 2.23. The van der Waals surface area contributed by atoms with E-state index < -0.39 is 0 Å². The number of benzene rings is 1. The van der Waals surface area contributed by atoms with E-state index in [2.05, 4.69) is 53.3 Å². The number of hydrogen-bond donors (Lipinski definition) is 2. The van der Waals surface area contributed by atoms with Crippen LogP contribution in [0.5, 0.6) is 0 Å². The van der Waals surface area contributed by atoms with E-state index in [1.165, 1.54) is 12.8 Å². The van der Waals surface area contributed by atoms with Crippen LogP contribution in [0.25, 0.3) is 0 Å². The number of hydrogen-bond acceptors (Lipinski definition) is 2. The van der Waals surface area contributed by atoms with Crippen molar-refractivity contribution in [1.82, 2.24) is 0 Å². The zero-order chi connectivity index (χ0) is 12.5. The average Bonchev–Trinajstić information content (AvgIpc) is 2.58. The van der Waals surface area contributed by atoms with Crippen molar-refractivity contribution in [1.29, 1.82) is 0 Å². The molecule has 0 amide bonds. The van der Waals surface area contributed by atoms with Crippen LogP contribution in [0.15, 0.2) is 28.7 Å². The van der Waals surface area contributed by atoms with Gasteiger partial charge in [0.2, 0.25) is 0 Å². The minimum absolute atomic E-state index is 0.0247. The maximum atomic E-state index is 6.06. The fourth-order valence-corrected chi connectivity index (χ4v) is 3.28. The van der Waals surface area contributed by atoms with Gasteiger partial charge >= 0.3 is 0 Å². The molecule has 0 bridgehead atoms. The van der Waals surface area contributed by atoms with E-state index in [4.69, 9.17) is 5.73 Å². The summed E-state index contributed by atoms with van der Waals surface area (Å²) >= 11 is 3.59. The number of anilines is 1. The number of nitrogens with one attached hydrogen (secondary N) is 1. The van der Waals surface area contributed by atoms with Crippen molar-refractivity contribution >= 4 is 21.6 Å². The van der Waals surface area contributed by atoms with E-state index in [0.717, 1.165) is 16.6 Å². The molecule has 2 nitrogen and oxygen atoms in total. The van der Waals surface area contributed by atoms with Gasteiger partial charge in [0.05, 0.1) is 5.54 Å². The zero-order valence-corrected chi connectivity index (χ0v) is 12.2. The lowest BCUT2D eigenvalue weighted by molar-refractivity contribution is 0.239. The highest BCUT2D eigenvalue weighted by Gasteiger charge is 2.47. The molecule has 3 heteroatoms. The molecule has 3 N–H and O–H groups in total. The van der Waals surface area contributed by atoms with Crippen molar-refractivity contribution < 1.29 is 0 Å². The van der Waals surface area contributed by atoms with Crippen LogP contribution in [-0.2, 0) is 0 Å². The molecular weight excluding hydrogens is 276 g/mol. The third-order valence-electron chi connectivity index (χ3n) is 4.30. The number of rotatable bonds is 3. The van der Waals surface area contributed by atoms with Gasteiger partial charge in [0.1, 0.15) is 0 Å². The first kappa shape index (κ1) is 12.9. The summed E-state index contributed by atoms with van der Waals surface area (Å²) in [5.41, 5.74) is 7.48. The second-order valence-corrected chi connectivity index (χ2v) is 6.48. The minimum Gasteiger partial charge on any atom is -0.377 e. The summed E-state index contributed by atoms with van der Waals surface area (Å²) in [6.07, 6.45) is 3.64. The lowest BCUT2D eigenvalue weighted by Crippen LogP contribution is -2.53. The smallest absolute Gasteiger partial charge is 0.0546 e. The molecule has 1 aromatic rings. The van der Waals surface area contributed by atoms with Crippen LogP contribution >= 0.6 is 15.9 Å². The molecule has 1 aliphatic carbocycles. The van der Waals surface area contributed by atoms with Crippen LogP contribution < -0.4 is 11.1 Å². The van der Waals surface area contributed by atoms with E-state index in [1.807, 2.05) is 6.07 Å². The predicted octanol–water partition coefficient (Wildman–Crippen LogP) is 3.77. The van der Waals surface area contributed by atoms with Gasteiger partial charge in [-0.05, 0) is 46.3 Å². The Morgan fingerprint density at radius 2 is 2.00 bits per heavy atom. The van der Waals surface area contributed by atoms with Crippen molar-refractivity contribution in [2.75, 3.05) is 11.9 Å².